The monoisotopic (exact) mass is 427 g/mol. The molecule has 0 bridgehead atoms. The van der Waals surface area contributed by atoms with E-state index >= 15 is 0 Å². The van der Waals surface area contributed by atoms with Crippen molar-refractivity contribution in [2.45, 2.75) is 37.6 Å². The molecule has 0 unspecified atom stereocenters. The van der Waals surface area contributed by atoms with Crippen LogP contribution in [0.4, 0.5) is 4.79 Å². The van der Waals surface area contributed by atoms with Crippen LogP contribution in [0, 0.1) is 0 Å². The van der Waals surface area contributed by atoms with Gasteiger partial charge in [0.15, 0.2) is 0 Å². The summed E-state index contributed by atoms with van der Waals surface area (Å²) in [6.45, 7) is 0.158. The first-order chi connectivity index (χ1) is 15.6. The van der Waals surface area contributed by atoms with Crippen molar-refractivity contribution in [2.24, 2.45) is 0 Å². The number of alkyl carbamates (subject to hydrolysis) is 1. The molecular formula is C27H25NO4. The van der Waals surface area contributed by atoms with E-state index in [2.05, 4.69) is 41.7 Å². The number of amides is 1. The Labute approximate surface area is 187 Å². The van der Waals surface area contributed by atoms with Crippen LogP contribution in [0.3, 0.4) is 0 Å². The molecule has 0 aromatic heterocycles. The first-order valence-electron chi connectivity index (χ1n) is 11.0. The molecule has 3 aromatic carbocycles. The van der Waals surface area contributed by atoms with E-state index in [4.69, 9.17) is 4.74 Å². The van der Waals surface area contributed by atoms with E-state index in [9.17, 15) is 14.7 Å². The van der Waals surface area contributed by atoms with E-state index in [1.165, 1.54) is 11.1 Å². The highest BCUT2D eigenvalue weighted by Gasteiger charge is 2.30. The fourth-order valence-corrected chi connectivity index (χ4v) is 4.97. The standard InChI is InChI=1S/C27H25NO4/c29-26(30)25(15-17-12-13-18-6-5-7-19(18)14-17)28-27(31)32-16-24-22-10-3-1-8-20(22)21-9-2-4-11-23(21)24/h1-4,8-14,24-25H,5-7,15-16H2,(H,28,31)(H,29,30)/t25-/m1/s1. The highest BCUT2D eigenvalue weighted by molar-refractivity contribution is 5.81. The number of rotatable bonds is 6. The lowest BCUT2D eigenvalue weighted by Gasteiger charge is -2.18. The van der Waals surface area contributed by atoms with Crippen LogP contribution in [0.2, 0.25) is 0 Å². The van der Waals surface area contributed by atoms with Gasteiger partial charge >= 0.3 is 12.1 Å². The van der Waals surface area contributed by atoms with Gasteiger partial charge in [-0.25, -0.2) is 9.59 Å². The summed E-state index contributed by atoms with van der Waals surface area (Å²) < 4.78 is 5.52. The van der Waals surface area contributed by atoms with Gasteiger partial charge in [-0.3, -0.25) is 0 Å². The largest absolute Gasteiger partial charge is 0.480 e. The van der Waals surface area contributed by atoms with Gasteiger partial charge in [0.2, 0.25) is 0 Å². The van der Waals surface area contributed by atoms with Crippen molar-refractivity contribution in [1.29, 1.82) is 0 Å². The first kappa shape index (κ1) is 20.3. The van der Waals surface area contributed by atoms with Crippen molar-refractivity contribution in [3.8, 4) is 11.1 Å². The summed E-state index contributed by atoms with van der Waals surface area (Å²) in [5, 5.41) is 12.2. The summed E-state index contributed by atoms with van der Waals surface area (Å²) in [6.07, 6.45) is 2.77. The summed E-state index contributed by atoms with van der Waals surface area (Å²) in [6, 6.07) is 21.3. The average Bonchev–Trinajstić information content (AvgIpc) is 3.39. The van der Waals surface area contributed by atoms with Crippen LogP contribution in [-0.2, 0) is 28.8 Å². The molecule has 1 amide bonds. The molecule has 5 rings (SSSR count). The van der Waals surface area contributed by atoms with Gasteiger partial charge in [-0.05, 0) is 58.2 Å². The average molecular weight is 428 g/mol. The molecule has 2 aliphatic carbocycles. The molecule has 3 aromatic rings. The van der Waals surface area contributed by atoms with Gasteiger partial charge in [-0.2, -0.15) is 0 Å². The molecule has 0 saturated heterocycles. The Morgan fingerprint density at radius 3 is 2.28 bits per heavy atom. The molecule has 32 heavy (non-hydrogen) atoms. The Hall–Kier alpha value is -3.60. The summed E-state index contributed by atoms with van der Waals surface area (Å²) in [7, 11) is 0. The zero-order valence-electron chi connectivity index (χ0n) is 17.7. The van der Waals surface area contributed by atoms with Crippen molar-refractivity contribution in [1.82, 2.24) is 5.32 Å². The molecule has 162 valence electrons. The van der Waals surface area contributed by atoms with Crippen molar-refractivity contribution in [2.75, 3.05) is 6.61 Å². The normalized spacial score (nSPS) is 14.9. The SMILES string of the molecule is O=C(N[C@H](Cc1ccc2c(c1)CCC2)C(=O)O)OCC1c2ccccc2-c2ccccc21. The highest BCUT2D eigenvalue weighted by atomic mass is 16.5. The van der Waals surface area contributed by atoms with Crippen LogP contribution in [0.15, 0.2) is 66.7 Å². The van der Waals surface area contributed by atoms with E-state index in [1.807, 2.05) is 30.3 Å². The smallest absolute Gasteiger partial charge is 0.407 e. The van der Waals surface area contributed by atoms with Crippen LogP contribution >= 0.6 is 0 Å². The molecule has 0 saturated carbocycles. The second-order valence-electron chi connectivity index (χ2n) is 8.52. The van der Waals surface area contributed by atoms with Gasteiger partial charge in [-0.1, -0.05) is 66.7 Å². The van der Waals surface area contributed by atoms with Crippen molar-refractivity contribution in [3.05, 3.63) is 94.5 Å². The molecule has 0 aliphatic heterocycles. The Kier molecular flexibility index (Phi) is 5.39. The minimum Gasteiger partial charge on any atom is -0.480 e. The fourth-order valence-electron chi connectivity index (χ4n) is 4.97. The minimum atomic E-state index is -1.07. The first-order valence-corrected chi connectivity index (χ1v) is 11.0. The Balaban J connectivity index is 1.25. The lowest BCUT2D eigenvalue weighted by Crippen LogP contribution is -2.42. The number of aliphatic carboxylic acids is 1. The Bertz CT molecular complexity index is 1140. The molecule has 1 atom stereocenters. The van der Waals surface area contributed by atoms with Gasteiger partial charge in [0.05, 0.1) is 0 Å². The number of ether oxygens (including phenoxy) is 1. The topological polar surface area (TPSA) is 75.6 Å². The molecule has 5 heteroatoms. The number of fused-ring (bicyclic) bond motifs is 4. The number of carboxylic acid groups (broad SMARTS) is 1. The Morgan fingerprint density at radius 1 is 0.938 bits per heavy atom. The lowest BCUT2D eigenvalue weighted by atomic mass is 9.98. The zero-order valence-corrected chi connectivity index (χ0v) is 17.7. The number of hydrogen-bond acceptors (Lipinski definition) is 3. The molecule has 0 heterocycles. The second kappa shape index (κ2) is 8.50. The third-order valence-electron chi connectivity index (χ3n) is 6.54. The van der Waals surface area contributed by atoms with Gasteiger partial charge in [0.1, 0.15) is 12.6 Å². The number of carbonyl (C=O) groups is 2. The summed E-state index contributed by atoms with van der Waals surface area (Å²) in [5.41, 5.74) is 8.08. The maximum atomic E-state index is 12.5. The summed E-state index contributed by atoms with van der Waals surface area (Å²) in [5.74, 6) is -1.13. The molecule has 0 fully saturated rings. The molecule has 0 spiro atoms. The van der Waals surface area contributed by atoms with E-state index in [1.54, 1.807) is 0 Å². The van der Waals surface area contributed by atoms with Crippen LogP contribution in [0.1, 0.15) is 40.2 Å². The molecule has 2 aliphatic rings. The predicted molar refractivity (Wildman–Crippen MR) is 122 cm³/mol. The number of benzene rings is 3. The number of aryl methyl sites for hydroxylation is 2. The minimum absolute atomic E-state index is 0.0619. The number of hydrogen-bond donors (Lipinski definition) is 2. The predicted octanol–water partition coefficient (Wildman–Crippen LogP) is 4.71. The van der Waals surface area contributed by atoms with Crippen molar-refractivity contribution < 1.29 is 19.4 Å². The van der Waals surface area contributed by atoms with E-state index < -0.39 is 18.1 Å². The van der Waals surface area contributed by atoms with Gasteiger partial charge in [-0.15, -0.1) is 0 Å². The van der Waals surface area contributed by atoms with Crippen LogP contribution < -0.4 is 5.32 Å². The zero-order chi connectivity index (χ0) is 22.1. The summed E-state index contributed by atoms with van der Waals surface area (Å²) >= 11 is 0. The third kappa shape index (κ3) is 3.86. The maximum Gasteiger partial charge on any atom is 0.407 e. The van der Waals surface area contributed by atoms with Crippen molar-refractivity contribution in [3.63, 3.8) is 0 Å². The van der Waals surface area contributed by atoms with Gasteiger partial charge in [0.25, 0.3) is 0 Å². The van der Waals surface area contributed by atoms with E-state index in [0.717, 1.165) is 47.1 Å². The van der Waals surface area contributed by atoms with Crippen LogP contribution in [-0.4, -0.2) is 29.8 Å². The van der Waals surface area contributed by atoms with E-state index in [-0.39, 0.29) is 18.9 Å². The molecule has 0 radical (unpaired) electrons. The molecule has 5 nitrogen and oxygen atoms in total. The maximum absolute atomic E-state index is 12.5. The van der Waals surface area contributed by atoms with Crippen LogP contribution in [0.25, 0.3) is 11.1 Å². The molecular weight excluding hydrogens is 402 g/mol. The highest BCUT2D eigenvalue weighted by Crippen LogP contribution is 2.44. The fraction of sp³-hybridized carbons (Fsp3) is 0.259. The summed E-state index contributed by atoms with van der Waals surface area (Å²) in [4.78, 5) is 24.3. The number of carbonyl (C=O) groups excluding carboxylic acids is 1. The number of nitrogens with one attached hydrogen (secondary N) is 1. The molecule has 2 N–H and O–H groups in total. The van der Waals surface area contributed by atoms with Crippen molar-refractivity contribution >= 4 is 12.1 Å². The lowest BCUT2D eigenvalue weighted by molar-refractivity contribution is -0.139. The number of carboxylic acids is 1. The quantitative estimate of drug-likeness (QED) is 0.597. The van der Waals surface area contributed by atoms with Gasteiger partial charge in [0, 0.05) is 12.3 Å². The van der Waals surface area contributed by atoms with Crippen LogP contribution in [0.5, 0.6) is 0 Å². The third-order valence-corrected chi connectivity index (χ3v) is 6.54. The second-order valence-corrected chi connectivity index (χ2v) is 8.52. The Morgan fingerprint density at radius 2 is 1.59 bits per heavy atom. The van der Waals surface area contributed by atoms with Gasteiger partial charge < -0.3 is 15.2 Å². The van der Waals surface area contributed by atoms with E-state index in [0.29, 0.717) is 0 Å².